The van der Waals surface area contributed by atoms with Gasteiger partial charge in [-0.3, -0.25) is 4.98 Å². The Morgan fingerprint density at radius 3 is 2.26 bits per heavy atom. The predicted molar refractivity (Wildman–Crippen MR) is 129 cm³/mol. The van der Waals surface area contributed by atoms with Gasteiger partial charge >= 0.3 is 12.2 Å². The first-order valence-corrected chi connectivity index (χ1v) is 10.6. The van der Waals surface area contributed by atoms with E-state index in [9.17, 15) is 18.0 Å². The van der Waals surface area contributed by atoms with Crippen LogP contribution in [0, 0.1) is 6.92 Å². The molecule has 3 N–H and O–H groups in total. The number of amides is 2. The highest BCUT2D eigenvalue weighted by molar-refractivity contribution is 6.00. The molecule has 0 spiro atoms. The number of benzene rings is 1. The number of carbonyl (C=O) groups excluding carboxylic acids is 1. The molecule has 0 bridgehead atoms. The van der Waals surface area contributed by atoms with Crippen LogP contribution in [0.4, 0.5) is 35.2 Å². The number of halogens is 3. The number of hydrogen-bond donors (Lipinski definition) is 3. The molecule has 7 nitrogen and oxygen atoms in total. The third-order valence-corrected chi connectivity index (χ3v) is 5.19. The van der Waals surface area contributed by atoms with Crippen molar-refractivity contribution in [1.82, 2.24) is 15.0 Å². The Morgan fingerprint density at radius 1 is 0.829 bits per heavy atom. The molecule has 1 aromatic carbocycles. The summed E-state index contributed by atoms with van der Waals surface area (Å²) >= 11 is 0. The topological polar surface area (TPSA) is 91.8 Å². The molecule has 0 aliphatic carbocycles. The van der Waals surface area contributed by atoms with Crippen molar-refractivity contribution >= 4 is 23.2 Å². The minimum absolute atomic E-state index is 0.139. The normalized spacial score (nSPS) is 11.1. The molecular formula is C25H21F3N6O. The molecule has 3 aromatic heterocycles. The highest BCUT2D eigenvalue weighted by Crippen LogP contribution is 2.30. The second-order valence-corrected chi connectivity index (χ2v) is 7.65. The van der Waals surface area contributed by atoms with E-state index in [0.717, 1.165) is 52.1 Å². The van der Waals surface area contributed by atoms with E-state index in [2.05, 4.69) is 30.9 Å². The van der Waals surface area contributed by atoms with Crippen LogP contribution in [-0.2, 0) is 6.18 Å². The van der Waals surface area contributed by atoms with Crippen LogP contribution in [0.25, 0.3) is 22.4 Å². The summed E-state index contributed by atoms with van der Waals surface area (Å²) in [5, 5.41) is 8.19. The van der Waals surface area contributed by atoms with Crippen molar-refractivity contribution in [2.45, 2.75) is 13.1 Å². The lowest BCUT2D eigenvalue weighted by atomic mass is 9.99. The third kappa shape index (κ3) is 5.72. The first-order valence-electron chi connectivity index (χ1n) is 10.6. The Bertz CT molecular complexity index is 1360. The van der Waals surface area contributed by atoms with E-state index in [1.165, 1.54) is 0 Å². The minimum Gasteiger partial charge on any atom is -0.373 e. The van der Waals surface area contributed by atoms with Crippen LogP contribution < -0.4 is 16.0 Å². The van der Waals surface area contributed by atoms with Gasteiger partial charge in [0, 0.05) is 30.7 Å². The Balaban J connectivity index is 1.53. The van der Waals surface area contributed by atoms with Crippen molar-refractivity contribution in [3.63, 3.8) is 0 Å². The lowest BCUT2D eigenvalue weighted by molar-refractivity contribution is -0.141. The summed E-state index contributed by atoms with van der Waals surface area (Å²) in [5.41, 5.74) is 4.09. The van der Waals surface area contributed by atoms with Crippen LogP contribution in [0.5, 0.6) is 0 Å². The van der Waals surface area contributed by atoms with E-state index in [-0.39, 0.29) is 5.69 Å². The van der Waals surface area contributed by atoms with Crippen molar-refractivity contribution < 1.29 is 18.0 Å². The van der Waals surface area contributed by atoms with Crippen molar-refractivity contribution in [3.05, 3.63) is 84.4 Å². The molecule has 0 fully saturated rings. The molecule has 0 unspecified atom stereocenters. The lowest BCUT2D eigenvalue weighted by Crippen LogP contribution is -2.20. The standard InChI is InChI=1S/C25H21F3N6O/c1-15-3-4-18(33-24(35)34-19-5-6-22(32-14-19)25(26,27)28)13-20(15)16-7-9-30-21(11-16)17-8-10-31-23(12-17)29-2/h3-14H,1-2H3,(H,29,31)(H2,33,34,35). The maximum Gasteiger partial charge on any atom is 0.433 e. The summed E-state index contributed by atoms with van der Waals surface area (Å²) in [6.45, 7) is 1.96. The number of carbonyl (C=O) groups is 1. The van der Waals surface area contributed by atoms with Crippen LogP contribution in [-0.4, -0.2) is 28.0 Å². The van der Waals surface area contributed by atoms with Crippen molar-refractivity contribution in [3.8, 4) is 22.4 Å². The van der Waals surface area contributed by atoms with Gasteiger partial charge in [-0.1, -0.05) is 6.07 Å². The second kappa shape index (κ2) is 9.80. The first-order chi connectivity index (χ1) is 16.7. The fraction of sp³-hybridized carbons (Fsp3) is 0.120. The zero-order chi connectivity index (χ0) is 25.0. The first kappa shape index (κ1) is 23.7. The summed E-state index contributed by atoms with van der Waals surface area (Å²) in [5.74, 6) is 0.728. The number of rotatable bonds is 5. The zero-order valence-electron chi connectivity index (χ0n) is 18.8. The number of urea groups is 1. The van der Waals surface area contributed by atoms with Gasteiger partial charge in [0.1, 0.15) is 11.5 Å². The van der Waals surface area contributed by atoms with Gasteiger partial charge in [-0.05, 0) is 72.1 Å². The van der Waals surface area contributed by atoms with Crippen LogP contribution in [0.3, 0.4) is 0 Å². The summed E-state index contributed by atoms with van der Waals surface area (Å²) in [6, 6.07) is 14.4. The zero-order valence-corrected chi connectivity index (χ0v) is 18.8. The van der Waals surface area contributed by atoms with Gasteiger partial charge in [-0.25, -0.2) is 14.8 Å². The second-order valence-electron chi connectivity index (χ2n) is 7.65. The molecule has 0 saturated carbocycles. The number of aromatic nitrogens is 3. The molecule has 0 atom stereocenters. The van der Waals surface area contributed by atoms with Crippen LogP contribution in [0.1, 0.15) is 11.3 Å². The van der Waals surface area contributed by atoms with Gasteiger partial charge in [0.05, 0.1) is 17.6 Å². The van der Waals surface area contributed by atoms with E-state index < -0.39 is 17.9 Å². The SMILES string of the molecule is CNc1cc(-c2cc(-c3cc(NC(=O)Nc4ccc(C(F)(F)F)nc4)ccc3C)ccn2)ccn1. The molecule has 3 heterocycles. The number of nitrogens with zero attached hydrogens (tertiary/aromatic N) is 3. The molecular weight excluding hydrogens is 457 g/mol. The molecule has 0 aliphatic rings. The quantitative estimate of drug-likeness (QED) is 0.317. The molecule has 0 saturated heterocycles. The number of anilines is 3. The van der Waals surface area contributed by atoms with Gasteiger partial charge in [-0.2, -0.15) is 13.2 Å². The molecule has 10 heteroatoms. The van der Waals surface area contributed by atoms with Crippen molar-refractivity contribution in [2.24, 2.45) is 0 Å². The van der Waals surface area contributed by atoms with Gasteiger partial charge in [0.15, 0.2) is 0 Å². The molecule has 178 valence electrons. The van der Waals surface area contributed by atoms with Gasteiger partial charge in [0.25, 0.3) is 0 Å². The molecule has 0 radical (unpaired) electrons. The number of nitrogens with one attached hydrogen (secondary N) is 3. The van der Waals surface area contributed by atoms with E-state index in [1.54, 1.807) is 25.5 Å². The Morgan fingerprint density at radius 2 is 1.54 bits per heavy atom. The predicted octanol–water partition coefficient (Wildman–Crippen LogP) is 6.22. The Labute approximate surface area is 199 Å². The Kier molecular flexibility index (Phi) is 6.63. The van der Waals surface area contributed by atoms with E-state index in [1.807, 2.05) is 43.3 Å². The average Bonchev–Trinajstić information content (AvgIpc) is 2.85. The monoisotopic (exact) mass is 478 g/mol. The minimum atomic E-state index is -4.54. The molecule has 35 heavy (non-hydrogen) atoms. The van der Waals surface area contributed by atoms with Crippen LogP contribution in [0.15, 0.2) is 73.2 Å². The largest absolute Gasteiger partial charge is 0.433 e. The van der Waals surface area contributed by atoms with Crippen molar-refractivity contribution in [2.75, 3.05) is 23.0 Å². The summed E-state index contributed by atoms with van der Waals surface area (Å²) < 4.78 is 38.0. The number of aryl methyl sites for hydroxylation is 1. The smallest absolute Gasteiger partial charge is 0.373 e. The van der Waals surface area contributed by atoms with Crippen LogP contribution in [0.2, 0.25) is 0 Å². The van der Waals surface area contributed by atoms with Gasteiger partial charge in [0.2, 0.25) is 0 Å². The fourth-order valence-electron chi connectivity index (χ4n) is 3.42. The molecule has 4 aromatic rings. The maximum atomic E-state index is 12.7. The summed E-state index contributed by atoms with van der Waals surface area (Å²) in [4.78, 5) is 24.4. The van der Waals surface area contributed by atoms with E-state index >= 15 is 0 Å². The molecule has 0 aliphatic heterocycles. The highest BCUT2D eigenvalue weighted by Gasteiger charge is 2.32. The molecule has 4 rings (SSSR count). The maximum absolute atomic E-state index is 12.7. The van der Waals surface area contributed by atoms with Crippen molar-refractivity contribution in [1.29, 1.82) is 0 Å². The fourth-order valence-corrected chi connectivity index (χ4v) is 3.42. The highest BCUT2D eigenvalue weighted by atomic mass is 19.4. The van der Waals surface area contributed by atoms with Gasteiger partial charge in [-0.15, -0.1) is 0 Å². The van der Waals surface area contributed by atoms with E-state index in [0.29, 0.717) is 5.69 Å². The average molecular weight is 478 g/mol. The Hall–Kier alpha value is -4.47. The lowest BCUT2D eigenvalue weighted by Gasteiger charge is -2.13. The van der Waals surface area contributed by atoms with Gasteiger partial charge < -0.3 is 16.0 Å². The summed E-state index contributed by atoms with van der Waals surface area (Å²) in [6.07, 6.45) is -0.164. The summed E-state index contributed by atoms with van der Waals surface area (Å²) in [7, 11) is 1.79. The number of alkyl halides is 3. The van der Waals surface area contributed by atoms with Crippen LogP contribution >= 0.6 is 0 Å². The number of pyridine rings is 3. The number of hydrogen-bond acceptors (Lipinski definition) is 5. The molecule has 2 amide bonds. The third-order valence-electron chi connectivity index (χ3n) is 5.19. The van der Waals surface area contributed by atoms with E-state index in [4.69, 9.17) is 0 Å².